The Morgan fingerprint density at radius 3 is 2.72 bits per heavy atom. The lowest BCUT2D eigenvalue weighted by Crippen LogP contribution is -2.40. The highest BCUT2D eigenvalue weighted by molar-refractivity contribution is 5.74. The zero-order valence-corrected chi connectivity index (χ0v) is 10.3. The lowest BCUT2D eigenvalue weighted by Gasteiger charge is -2.18. The third-order valence-electron chi connectivity index (χ3n) is 3.95. The molecule has 0 spiro atoms. The molecule has 2 amide bonds. The summed E-state index contributed by atoms with van der Waals surface area (Å²) in [6.45, 7) is 1.72. The number of hydrogen-bond acceptors (Lipinski definition) is 3. The van der Waals surface area contributed by atoms with Crippen LogP contribution in [-0.4, -0.2) is 52.9 Å². The van der Waals surface area contributed by atoms with E-state index in [2.05, 4.69) is 5.32 Å². The Bertz CT molecular complexity index is 334. The van der Waals surface area contributed by atoms with Crippen molar-refractivity contribution in [2.45, 2.75) is 31.8 Å². The fourth-order valence-electron chi connectivity index (χ4n) is 2.95. The van der Waals surface area contributed by atoms with E-state index in [9.17, 15) is 14.7 Å². The number of nitrogens with zero attached hydrogens (tertiary/aromatic N) is 1. The summed E-state index contributed by atoms with van der Waals surface area (Å²) in [6.07, 6.45) is 2.10. The second-order valence-corrected chi connectivity index (χ2v) is 5.20. The van der Waals surface area contributed by atoms with Crippen molar-refractivity contribution in [2.24, 2.45) is 11.8 Å². The predicted octanol–water partition coefficient (Wildman–Crippen LogP) is 0.263. The number of fused-ring (bicyclic) bond motifs is 1. The highest BCUT2D eigenvalue weighted by Gasteiger charge is 2.43. The van der Waals surface area contributed by atoms with Crippen LogP contribution in [0.4, 0.5) is 4.79 Å². The predicted molar refractivity (Wildman–Crippen MR) is 64.1 cm³/mol. The molecule has 3 N–H and O–H groups in total. The van der Waals surface area contributed by atoms with Gasteiger partial charge in [-0.05, 0) is 25.2 Å². The summed E-state index contributed by atoms with van der Waals surface area (Å²) >= 11 is 0. The third-order valence-corrected chi connectivity index (χ3v) is 3.95. The number of rotatable bonds is 4. The summed E-state index contributed by atoms with van der Waals surface area (Å²) in [6, 6.07) is -0.137. The van der Waals surface area contributed by atoms with Crippen LogP contribution in [0.15, 0.2) is 0 Å². The molecule has 6 nitrogen and oxygen atoms in total. The molecule has 3 unspecified atom stereocenters. The van der Waals surface area contributed by atoms with Gasteiger partial charge in [-0.2, -0.15) is 0 Å². The van der Waals surface area contributed by atoms with Gasteiger partial charge in [0.1, 0.15) is 0 Å². The van der Waals surface area contributed by atoms with Gasteiger partial charge in [0.25, 0.3) is 0 Å². The molecule has 2 fully saturated rings. The van der Waals surface area contributed by atoms with E-state index in [1.54, 1.807) is 4.90 Å². The van der Waals surface area contributed by atoms with Crippen molar-refractivity contribution in [1.82, 2.24) is 10.2 Å². The second kappa shape index (κ2) is 5.56. The summed E-state index contributed by atoms with van der Waals surface area (Å²) in [4.78, 5) is 23.9. The minimum absolute atomic E-state index is 0.0737. The molecule has 3 atom stereocenters. The number of hydrogen-bond donors (Lipinski definition) is 3. The Balaban J connectivity index is 1.70. The molecule has 1 saturated carbocycles. The minimum Gasteiger partial charge on any atom is -0.481 e. The third kappa shape index (κ3) is 2.93. The van der Waals surface area contributed by atoms with E-state index in [1.165, 1.54) is 0 Å². The Morgan fingerprint density at radius 2 is 2.06 bits per heavy atom. The van der Waals surface area contributed by atoms with Gasteiger partial charge in [-0.1, -0.05) is 0 Å². The number of amides is 2. The highest BCUT2D eigenvalue weighted by Crippen LogP contribution is 2.37. The molecule has 0 aromatic heterocycles. The maximum Gasteiger partial charge on any atom is 0.317 e. The van der Waals surface area contributed by atoms with Gasteiger partial charge in [0, 0.05) is 32.0 Å². The maximum atomic E-state index is 11.8. The van der Waals surface area contributed by atoms with E-state index < -0.39 is 5.97 Å². The van der Waals surface area contributed by atoms with Crippen LogP contribution < -0.4 is 5.32 Å². The summed E-state index contributed by atoms with van der Waals surface area (Å²) in [5.41, 5.74) is 0. The van der Waals surface area contributed by atoms with Crippen molar-refractivity contribution in [3.8, 4) is 0 Å². The highest BCUT2D eigenvalue weighted by atomic mass is 16.4. The van der Waals surface area contributed by atoms with Crippen molar-refractivity contribution in [3.05, 3.63) is 0 Å². The zero-order valence-electron chi connectivity index (χ0n) is 10.3. The molecule has 0 aromatic rings. The van der Waals surface area contributed by atoms with Crippen molar-refractivity contribution in [1.29, 1.82) is 0 Å². The molecule has 1 saturated heterocycles. The van der Waals surface area contributed by atoms with Crippen LogP contribution in [0.3, 0.4) is 0 Å². The van der Waals surface area contributed by atoms with E-state index in [0.29, 0.717) is 32.0 Å². The largest absolute Gasteiger partial charge is 0.481 e. The quantitative estimate of drug-likeness (QED) is 0.629. The Kier molecular flexibility index (Phi) is 4.06. The average Bonchev–Trinajstić information content (AvgIpc) is 2.87. The number of carbonyl (C=O) groups is 2. The first-order valence-corrected chi connectivity index (χ1v) is 6.50. The first kappa shape index (κ1) is 13.1. The van der Waals surface area contributed by atoms with Gasteiger partial charge < -0.3 is 20.4 Å². The molecular formula is C12H20N2O4. The molecular weight excluding hydrogens is 236 g/mol. The van der Waals surface area contributed by atoms with Crippen LogP contribution in [0, 0.1) is 11.8 Å². The van der Waals surface area contributed by atoms with Crippen molar-refractivity contribution in [3.63, 3.8) is 0 Å². The molecule has 0 aromatic carbocycles. The molecule has 1 aliphatic carbocycles. The molecule has 6 heteroatoms. The number of carboxylic acid groups (broad SMARTS) is 1. The summed E-state index contributed by atoms with van der Waals surface area (Å²) in [7, 11) is 0. The normalized spacial score (nSPS) is 30.3. The zero-order chi connectivity index (χ0) is 13.1. The SMILES string of the molecule is O=C(O)CCCNC(=O)N1CC2CCC(O)C2C1. The van der Waals surface area contributed by atoms with Gasteiger partial charge >= 0.3 is 12.0 Å². The lowest BCUT2D eigenvalue weighted by molar-refractivity contribution is -0.137. The van der Waals surface area contributed by atoms with E-state index >= 15 is 0 Å². The number of urea groups is 1. The van der Waals surface area contributed by atoms with Gasteiger partial charge in [-0.15, -0.1) is 0 Å². The van der Waals surface area contributed by atoms with Gasteiger partial charge in [0.2, 0.25) is 0 Å². The number of likely N-dealkylation sites (tertiary alicyclic amines) is 1. The molecule has 0 bridgehead atoms. The maximum absolute atomic E-state index is 11.8. The smallest absolute Gasteiger partial charge is 0.317 e. The van der Waals surface area contributed by atoms with Crippen LogP contribution in [0.1, 0.15) is 25.7 Å². The minimum atomic E-state index is -0.844. The Morgan fingerprint density at radius 1 is 1.28 bits per heavy atom. The van der Waals surface area contributed by atoms with Crippen LogP contribution in [0.5, 0.6) is 0 Å². The van der Waals surface area contributed by atoms with Crippen molar-refractivity contribution >= 4 is 12.0 Å². The van der Waals surface area contributed by atoms with Gasteiger partial charge in [0.05, 0.1) is 6.10 Å². The van der Waals surface area contributed by atoms with Gasteiger partial charge in [-0.25, -0.2) is 4.79 Å². The molecule has 2 aliphatic rings. The molecule has 0 radical (unpaired) electrons. The first-order valence-electron chi connectivity index (χ1n) is 6.50. The number of nitrogens with one attached hydrogen (secondary N) is 1. The van der Waals surface area contributed by atoms with Crippen LogP contribution in [-0.2, 0) is 4.79 Å². The number of carboxylic acids is 1. The first-order chi connectivity index (χ1) is 8.58. The molecule has 1 heterocycles. The van der Waals surface area contributed by atoms with Crippen molar-refractivity contribution in [2.75, 3.05) is 19.6 Å². The van der Waals surface area contributed by atoms with Crippen LogP contribution in [0.25, 0.3) is 0 Å². The number of aliphatic carboxylic acids is 1. The fraction of sp³-hybridized carbons (Fsp3) is 0.833. The standard InChI is InChI=1S/C12H20N2O4/c15-10-4-3-8-6-14(7-9(8)10)12(18)13-5-1-2-11(16)17/h8-10,15H,1-7H2,(H,13,18)(H,16,17). The van der Waals surface area contributed by atoms with Gasteiger partial charge in [0.15, 0.2) is 0 Å². The van der Waals surface area contributed by atoms with Crippen LogP contribution in [0.2, 0.25) is 0 Å². The molecule has 1 aliphatic heterocycles. The topological polar surface area (TPSA) is 89.9 Å². The fourth-order valence-corrected chi connectivity index (χ4v) is 2.95. The number of aliphatic hydroxyl groups is 1. The van der Waals surface area contributed by atoms with Crippen LogP contribution >= 0.6 is 0 Å². The van der Waals surface area contributed by atoms with Crippen molar-refractivity contribution < 1.29 is 19.8 Å². The Hall–Kier alpha value is -1.30. The van der Waals surface area contributed by atoms with E-state index in [1.807, 2.05) is 0 Å². The lowest BCUT2D eigenvalue weighted by atomic mass is 10.00. The molecule has 18 heavy (non-hydrogen) atoms. The average molecular weight is 256 g/mol. The van der Waals surface area contributed by atoms with Gasteiger partial charge in [-0.3, -0.25) is 4.79 Å². The Labute approximate surface area is 106 Å². The van der Waals surface area contributed by atoms with E-state index in [-0.39, 0.29) is 24.5 Å². The summed E-state index contributed by atoms with van der Waals surface area (Å²) < 4.78 is 0. The van der Waals surface area contributed by atoms with E-state index in [0.717, 1.165) is 12.8 Å². The number of aliphatic hydroxyl groups excluding tert-OH is 1. The van der Waals surface area contributed by atoms with E-state index in [4.69, 9.17) is 5.11 Å². The monoisotopic (exact) mass is 256 g/mol. The summed E-state index contributed by atoms with van der Waals surface area (Å²) in [5.74, 6) is -0.178. The second-order valence-electron chi connectivity index (χ2n) is 5.20. The summed E-state index contributed by atoms with van der Waals surface area (Å²) in [5, 5.41) is 21.0. The number of carbonyl (C=O) groups excluding carboxylic acids is 1. The molecule has 102 valence electrons. The molecule has 2 rings (SSSR count).